The highest BCUT2D eigenvalue weighted by Crippen LogP contribution is 2.33. The quantitative estimate of drug-likeness (QED) is 0.342. The number of hydrogen-bond acceptors (Lipinski definition) is 2. The van der Waals surface area contributed by atoms with E-state index in [1.807, 2.05) is 6.07 Å². The van der Waals surface area contributed by atoms with E-state index in [2.05, 4.69) is 84.0 Å². The number of nitrogens with zero attached hydrogens (tertiary/aromatic N) is 1. The highest BCUT2D eigenvalue weighted by molar-refractivity contribution is 7.80. The molecule has 0 fully saturated rings. The molecule has 108 valence electrons. The van der Waals surface area contributed by atoms with Crippen LogP contribution in [0.5, 0.6) is 0 Å². The fourth-order valence-electron chi connectivity index (χ4n) is 2.46. The summed E-state index contributed by atoms with van der Waals surface area (Å²) < 4.78 is 0. The molecule has 0 radical (unpaired) electrons. The van der Waals surface area contributed by atoms with Crippen molar-refractivity contribution in [1.82, 2.24) is 0 Å². The molecule has 2 N–H and O–H groups in total. The number of hydrazone groups is 1. The minimum absolute atomic E-state index is 0.625. The van der Waals surface area contributed by atoms with Gasteiger partial charge in [0.15, 0.2) is 0 Å². The Hall–Kier alpha value is -2.44. The first-order valence-electron chi connectivity index (χ1n) is 7.12. The summed E-state index contributed by atoms with van der Waals surface area (Å²) in [5, 5.41) is 7.63. The van der Waals surface area contributed by atoms with Crippen molar-refractivity contribution in [3.63, 3.8) is 0 Å². The summed E-state index contributed by atoms with van der Waals surface area (Å²) in [6.45, 7) is 0. The van der Waals surface area contributed by atoms with Crippen molar-refractivity contribution in [1.29, 1.82) is 0 Å². The first-order chi connectivity index (χ1) is 10.9. The second-order valence-corrected chi connectivity index (χ2v) is 7.03. The number of rotatable bonds is 4. The Morgan fingerprint density at radius 3 is 1.73 bits per heavy atom. The predicted molar refractivity (Wildman–Crippen MR) is 96.9 cm³/mol. The van der Waals surface area contributed by atoms with Gasteiger partial charge in [-0.3, -0.25) is 0 Å². The van der Waals surface area contributed by atoms with Gasteiger partial charge in [-0.05, 0) is 23.8 Å². The van der Waals surface area contributed by atoms with Gasteiger partial charge in [0, 0.05) is 5.56 Å². The SMILES string of the molecule is NN=Cc1ccccc1P(c1ccccc1)c1ccccc1. The van der Waals surface area contributed by atoms with Crippen molar-refractivity contribution >= 4 is 30.0 Å². The van der Waals surface area contributed by atoms with Crippen LogP contribution < -0.4 is 21.8 Å². The molecule has 22 heavy (non-hydrogen) atoms. The van der Waals surface area contributed by atoms with Crippen LogP contribution in [-0.2, 0) is 0 Å². The lowest BCUT2D eigenvalue weighted by Gasteiger charge is -2.21. The molecule has 3 aromatic carbocycles. The van der Waals surface area contributed by atoms with Crippen LogP contribution in [0.15, 0.2) is 90.0 Å². The van der Waals surface area contributed by atoms with Crippen molar-refractivity contribution in [2.75, 3.05) is 0 Å². The molecule has 0 aliphatic rings. The average molecular weight is 304 g/mol. The predicted octanol–water partition coefficient (Wildman–Crippen LogP) is 2.74. The summed E-state index contributed by atoms with van der Waals surface area (Å²) in [5.41, 5.74) is 1.07. The van der Waals surface area contributed by atoms with E-state index < -0.39 is 7.92 Å². The van der Waals surface area contributed by atoms with Gasteiger partial charge in [-0.1, -0.05) is 84.9 Å². The number of nitrogens with two attached hydrogens (primary N) is 1. The standard InChI is InChI=1S/C19H17N2P/c20-21-15-16-9-7-8-14-19(16)22(17-10-3-1-4-11-17)18-12-5-2-6-13-18/h1-15H,20H2. The third-order valence-electron chi connectivity index (χ3n) is 3.42. The molecule has 3 aromatic rings. The second kappa shape index (κ2) is 7.02. The first kappa shape index (κ1) is 14.5. The summed E-state index contributed by atoms with van der Waals surface area (Å²) in [5.74, 6) is 5.38. The number of benzene rings is 3. The summed E-state index contributed by atoms with van der Waals surface area (Å²) in [7, 11) is -0.625. The van der Waals surface area contributed by atoms with Crippen molar-refractivity contribution in [2.45, 2.75) is 0 Å². The highest BCUT2D eigenvalue weighted by atomic mass is 31.1. The lowest BCUT2D eigenvalue weighted by molar-refractivity contribution is 1.26. The smallest absolute Gasteiger partial charge is 0.0544 e. The fourth-order valence-corrected chi connectivity index (χ4v) is 4.88. The maximum absolute atomic E-state index is 5.38. The van der Waals surface area contributed by atoms with Crippen LogP contribution in [0.3, 0.4) is 0 Å². The Kier molecular flexibility index (Phi) is 4.62. The molecule has 0 spiro atoms. The zero-order chi connectivity index (χ0) is 15.2. The van der Waals surface area contributed by atoms with Crippen LogP contribution >= 0.6 is 7.92 Å². The Labute approximate surface area is 132 Å². The zero-order valence-electron chi connectivity index (χ0n) is 12.1. The Balaban J connectivity index is 2.19. The Bertz CT molecular complexity index is 715. The van der Waals surface area contributed by atoms with Gasteiger partial charge in [-0.2, -0.15) is 5.10 Å². The van der Waals surface area contributed by atoms with Crippen molar-refractivity contribution in [3.05, 3.63) is 90.5 Å². The van der Waals surface area contributed by atoms with Crippen LogP contribution in [0.1, 0.15) is 5.56 Å². The van der Waals surface area contributed by atoms with Gasteiger partial charge in [0.05, 0.1) is 6.21 Å². The van der Waals surface area contributed by atoms with Gasteiger partial charge < -0.3 is 5.84 Å². The monoisotopic (exact) mass is 304 g/mol. The minimum atomic E-state index is -0.625. The molecule has 0 aliphatic carbocycles. The lowest BCUT2D eigenvalue weighted by atomic mass is 10.2. The molecule has 0 bridgehead atoms. The molecule has 0 unspecified atom stereocenters. The van der Waals surface area contributed by atoms with Gasteiger partial charge in [-0.15, -0.1) is 0 Å². The Morgan fingerprint density at radius 2 is 1.18 bits per heavy atom. The molecule has 3 rings (SSSR count). The highest BCUT2D eigenvalue weighted by Gasteiger charge is 2.18. The fraction of sp³-hybridized carbons (Fsp3) is 0. The van der Waals surface area contributed by atoms with Crippen LogP contribution in [0, 0.1) is 0 Å². The van der Waals surface area contributed by atoms with E-state index in [1.54, 1.807) is 6.21 Å². The van der Waals surface area contributed by atoms with E-state index in [0.717, 1.165) is 5.56 Å². The summed E-state index contributed by atoms with van der Waals surface area (Å²) >= 11 is 0. The van der Waals surface area contributed by atoms with Crippen LogP contribution in [0.4, 0.5) is 0 Å². The molecule has 0 heterocycles. The molecule has 0 saturated heterocycles. The third kappa shape index (κ3) is 3.08. The topological polar surface area (TPSA) is 38.4 Å². The molecule has 2 nitrogen and oxygen atoms in total. The van der Waals surface area contributed by atoms with Gasteiger partial charge in [0.2, 0.25) is 0 Å². The molecule has 0 saturated carbocycles. The first-order valence-corrected chi connectivity index (χ1v) is 8.47. The molecule has 3 heteroatoms. The molecule has 0 aliphatic heterocycles. The van der Waals surface area contributed by atoms with E-state index in [0.29, 0.717) is 0 Å². The maximum Gasteiger partial charge on any atom is 0.0544 e. The average Bonchev–Trinajstić information content (AvgIpc) is 2.59. The van der Waals surface area contributed by atoms with Crippen LogP contribution in [0.2, 0.25) is 0 Å². The van der Waals surface area contributed by atoms with E-state index in [-0.39, 0.29) is 0 Å². The van der Waals surface area contributed by atoms with Gasteiger partial charge in [0.1, 0.15) is 0 Å². The van der Waals surface area contributed by atoms with Gasteiger partial charge in [0.25, 0.3) is 0 Å². The summed E-state index contributed by atoms with van der Waals surface area (Å²) in [6, 6.07) is 29.5. The van der Waals surface area contributed by atoms with Crippen molar-refractivity contribution in [3.8, 4) is 0 Å². The van der Waals surface area contributed by atoms with Crippen LogP contribution in [0.25, 0.3) is 0 Å². The van der Waals surface area contributed by atoms with Gasteiger partial charge >= 0.3 is 0 Å². The zero-order valence-corrected chi connectivity index (χ0v) is 13.0. The number of hydrogen-bond donors (Lipinski definition) is 1. The Morgan fingerprint density at radius 1 is 0.682 bits per heavy atom. The van der Waals surface area contributed by atoms with Crippen molar-refractivity contribution in [2.24, 2.45) is 10.9 Å². The molecule has 0 atom stereocenters. The third-order valence-corrected chi connectivity index (χ3v) is 5.94. The summed E-state index contributed by atoms with van der Waals surface area (Å²) in [4.78, 5) is 0. The molecular weight excluding hydrogens is 287 g/mol. The minimum Gasteiger partial charge on any atom is -0.323 e. The summed E-state index contributed by atoms with van der Waals surface area (Å²) in [6.07, 6.45) is 1.73. The largest absolute Gasteiger partial charge is 0.323 e. The normalized spacial score (nSPS) is 11.1. The van der Waals surface area contributed by atoms with Crippen LogP contribution in [-0.4, -0.2) is 6.21 Å². The lowest BCUT2D eigenvalue weighted by Crippen LogP contribution is -2.23. The van der Waals surface area contributed by atoms with Crippen molar-refractivity contribution < 1.29 is 0 Å². The molecular formula is C19H17N2P. The van der Waals surface area contributed by atoms with E-state index in [4.69, 9.17) is 5.84 Å². The van der Waals surface area contributed by atoms with Gasteiger partial charge in [-0.25, -0.2) is 0 Å². The maximum atomic E-state index is 5.38. The molecule has 0 aromatic heterocycles. The van der Waals surface area contributed by atoms with E-state index >= 15 is 0 Å². The van der Waals surface area contributed by atoms with E-state index in [9.17, 15) is 0 Å². The molecule has 0 amide bonds. The van der Waals surface area contributed by atoms with E-state index in [1.165, 1.54) is 15.9 Å². The second-order valence-electron chi connectivity index (χ2n) is 4.84.